The molecule has 1 aliphatic rings. The first-order chi connectivity index (χ1) is 9.47. The van der Waals surface area contributed by atoms with E-state index >= 15 is 0 Å². The van der Waals surface area contributed by atoms with Crippen LogP contribution >= 0.6 is 0 Å². The molecule has 0 aromatic heterocycles. The van der Waals surface area contributed by atoms with Crippen LogP contribution in [0, 0.1) is 15.9 Å². The van der Waals surface area contributed by atoms with Crippen molar-refractivity contribution in [2.75, 3.05) is 37.6 Å². The number of rotatable bonds is 4. The number of carboxylic acid groups (broad SMARTS) is 1. The molecule has 1 aromatic rings. The topological polar surface area (TPSA) is 86.9 Å². The Morgan fingerprint density at radius 2 is 2.00 bits per heavy atom. The maximum Gasteiger partial charge on any atom is 0.317 e. The van der Waals surface area contributed by atoms with Gasteiger partial charge in [0.15, 0.2) is 5.82 Å². The molecule has 8 heteroatoms. The van der Waals surface area contributed by atoms with Gasteiger partial charge in [0, 0.05) is 32.2 Å². The normalized spacial score (nSPS) is 16.1. The molecule has 1 aromatic carbocycles. The Kier molecular flexibility index (Phi) is 4.14. The molecule has 2 rings (SSSR count). The van der Waals surface area contributed by atoms with Crippen molar-refractivity contribution in [2.45, 2.75) is 0 Å². The molecule has 0 bridgehead atoms. The van der Waals surface area contributed by atoms with E-state index in [1.807, 2.05) is 0 Å². The van der Waals surface area contributed by atoms with Gasteiger partial charge in [0.1, 0.15) is 0 Å². The molecule has 1 aliphatic heterocycles. The van der Waals surface area contributed by atoms with Crippen LogP contribution in [0.3, 0.4) is 0 Å². The number of non-ortho nitro benzene ring substituents is 1. The second-order valence-corrected chi connectivity index (χ2v) is 4.55. The number of aliphatic carboxylic acids is 1. The van der Waals surface area contributed by atoms with Gasteiger partial charge in [-0.1, -0.05) is 0 Å². The fourth-order valence-electron chi connectivity index (χ4n) is 2.20. The first-order valence-electron chi connectivity index (χ1n) is 6.10. The highest BCUT2D eigenvalue weighted by molar-refractivity contribution is 5.69. The molecule has 1 saturated heterocycles. The minimum absolute atomic E-state index is 0.0312. The van der Waals surface area contributed by atoms with E-state index in [9.17, 15) is 19.3 Å². The van der Waals surface area contributed by atoms with Gasteiger partial charge in [-0.25, -0.2) is 4.39 Å². The van der Waals surface area contributed by atoms with Crippen LogP contribution in [0.2, 0.25) is 0 Å². The Bertz CT molecular complexity index is 529. The van der Waals surface area contributed by atoms with Crippen molar-refractivity contribution in [3.05, 3.63) is 34.1 Å². The number of nitro benzene ring substituents is 1. The quantitative estimate of drug-likeness (QED) is 0.653. The highest BCUT2D eigenvalue weighted by Crippen LogP contribution is 2.24. The van der Waals surface area contributed by atoms with Crippen LogP contribution < -0.4 is 4.90 Å². The van der Waals surface area contributed by atoms with E-state index in [1.165, 1.54) is 12.1 Å². The van der Waals surface area contributed by atoms with Crippen LogP contribution in [-0.4, -0.2) is 53.6 Å². The van der Waals surface area contributed by atoms with Crippen LogP contribution in [0.15, 0.2) is 18.2 Å². The maximum atomic E-state index is 13.8. The molecular formula is C12H14FN3O4. The first kappa shape index (κ1) is 14.2. The number of nitro groups is 1. The lowest BCUT2D eigenvalue weighted by atomic mass is 10.2. The fourth-order valence-corrected chi connectivity index (χ4v) is 2.20. The summed E-state index contributed by atoms with van der Waals surface area (Å²) in [6.45, 7) is 1.98. The van der Waals surface area contributed by atoms with Gasteiger partial charge in [-0.3, -0.25) is 19.8 Å². The SMILES string of the molecule is O=C(O)CN1CCN(c2ccc([N+](=O)[O-])cc2F)CC1. The zero-order chi connectivity index (χ0) is 14.7. The molecule has 1 heterocycles. The Morgan fingerprint density at radius 3 is 2.50 bits per heavy atom. The summed E-state index contributed by atoms with van der Waals surface area (Å²) in [7, 11) is 0. The average Bonchev–Trinajstić information content (AvgIpc) is 2.39. The van der Waals surface area contributed by atoms with Crippen molar-refractivity contribution >= 4 is 17.3 Å². The molecule has 20 heavy (non-hydrogen) atoms. The number of nitrogens with zero attached hydrogens (tertiary/aromatic N) is 3. The zero-order valence-electron chi connectivity index (χ0n) is 10.7. The zero-order valence-corrected chi connectivity index (χ0v) is 10.7. The van der Waals surface area contributed by atoms with Gasteiger partial charge >= 0.3 is 5.97 Å². The number of hydrogen-bond donors (Lipinski definition) is 1. The van der Waals surface area contributed by atoms with E-state index in [1.54, 1.807) is 9.80 Å². The predicted octanol–water partition coefficient (Wildman–Crippen LogP) is 0.940. The minimum Gasteiger partial charge on any atom is -0.480 e. The lowest BCUT2D eigenvalue weighted by Crippen LogP contribution is -2.48. The third kappa shape index (κ3) is 3.21. The van der Waals surface area contributed by atoms with Gasteiger partial charge in [-0.15, -0.1) is 0 Å². The summed E-state index contributed by atoms with van der Waals surface area (Å²) in [5.74, 6) is -1.52. The largest absolute Gasteiger partial charge is 0.480 e. The fraction of sp³-hybridized carbons (Fsp3) is 0.417. The van der Waals surface area contributed by atoms with Crippen molar-refractivity contribution in [1.29, 1.82) is 0 Å². The molecule has 0 atom stereocenters. The van der Waals surface area contributed by atoms with E-state index < -0.39 is 16.7 Å². The monoisotopic (exact) mass is 283 g/mol. The Balaban J connectivity index is 2.03. The van der Waals surface area contributed by atoms with Crippen molar-refractivity contribution in [3.63, 3.8) is 0 Å². The molecule has 0 unspecified atom stereocenters. The Labute approximate surface area is 114 Å². The smallest absolute Gasteiger partial charge is 0.317 e. The molecule has 0 saturated carbocycles. The number of piperazine rings is 1. The summed E-state index contributed by atoms with van der Waals surface area (Å²) >= 11 is 0. The van der Waals surface area contributed by atoms with Crippen LogP contribution in [-0.2, 0) is 4.79 Å². The first-order valence-corrected chi connectivity index (χ1v) is 6.10. The van der Waals surface area contributed by atoms with Gasteiger partial charge in [0.2, 0.25) is 0 Å². The molecule has 108 valence electrons. The van der Waals surface area contributed by atoms with E-state index in [0.717, 1.165) is 6.07 Å². The molecule has 7 nitrogen and oxygen atoms in total. The second-order valence-electron chi connectivity index (χ2n) is 4.55. The lowest BCUT2D eigenvalue weighted by Gasteiger charge is -2.35. The average molecular weight is 283 g/mol. The van der Waals surface area contributed by atoms with Gasteiger partial charge in [-0.2, -0.15) is 0 Å². The minimum atomic E-state index is -0.889. The summed E-state index contributed by atoms with van der Waals surface area (Å²) in [4.78, 5) is 24.0. The van der Waals surface area contributed by atoms with E-state index in [-0.39, 0.29) is 12.2 Å². The van der Waals surface area contributed by atoms with Crippen LogP contribution in [0.1, 0.15) is 0 Å². The summed E-state index contributed by atoms with van der Waals surface area (Å²) in [5.41, 5.74) is 0.0290. The molecule has 0 radical (unpaired) electrons. The summed E-state index contributed by atoms with van der Waals surface area (Å²) in [6.07, 6.45) is 0. The summed E-state index contributed by atoms with van der Waals surface area (Å²) in [5, 5.41) is 19.2. The third-order valence-corrected chi connectivity index (χ3v) is 3.21. The number of halogens is 1. The highest BCUT2D eigenvalue weighted by Gasteiger charge is 2.22. The molecule has 0 spiro atoms. The van der Waals surface area contributed by atoms with Crippen LogP contribution in [0.5, 0.6) is 0 Å². The van der Waals surface area contributed by atoms with E-state index in [0.29, 0.717) is 31.9 Å². The predicted molar refractivity (Wildman–Crippen MR) is 69.3 cm³/mol. The molecule has 0 aliphatic carbocycles. The molecule has 1 N–H and O–H groups in total. The lowest BCUT2D eigenvalue weighted by molar-refractivity contribution is -0.385. The van der Waals surface area contributed by atoms with Crippen molar-refractivity contribution in [2.24, 2.45) is 0 Å². The second kappa shape index (κ2) is 5.83. The Hall–Kier alpha value is -2.22. The number of carboxylic acids is 1. The number of anilines is 1. The molecule has 1 fully saturated rings. The van der Waals surface area contributed by atoms with Gasteiger partial charge < -0.3 is 10.0 Å². The standard InChI is InChI=1S/C12H14FN3O4/c13-10-7-9(16(19)20)1-2-11(10)15-5-3-14(4-6-15)8-12(17)18/h1-2,7H,3-6,8H2,(H,17,18). The number of hydrogen-bond acceptors (Lipinski definition) is 5. The molecular weight excluding hydrogens is 269 g/mol. The summed E-state index contributed by atoms with van der Waals surface area (Å²) < 4.78 is 13.8. The van der Waals surface area contributed by atoms with Crippen molar-refractivity contribution in [1.82, 2.24) is 4.90 Å². The van der Waals surface area contributed by atoms with E-state index in [2.05, 4.69) is 0 Å². The van der Waals surface area contributed by atoms with Crippen LogP contribution in [0.25, 0.3) is 0 Å². The van der Waals surface area contributed by atoms with Gasteiger partial charge in [0.05, 0.1) is 23.2 Å². The van der Waals surface area contributed by atoms with Crippen molar-refractivity contribution < 1.29 is 19.2 Å². The maximum absolute atomic E-state index is 13.8. The summed E-state index contributed by atoms with van der Waals surface area (Å²) in [6, 6.07) is 3.56. The van der Waals surface area contributed by atoms with Crippen LogP contribution in [0.4, 0.5) is 15.8 Å². The third-order valence-electron chi connectivity index (χ3n) is 3.21. The van der Waals surface area contributed by atoms with Crippen molar-refractivity contribution in [3.8, 4) is 0 Å². The van der Waals surface area contributed by atoms with Gasteiger partial charge in [0.25, 0.3) is 5.69 Å². The number of benzene rings is 1. The number of carbonyl (C=O) groups is 1. The Morgan fingerprint density at radius 1 is 1.35 bits per heavy atom. The highest BCUT2D eigenvalue weighted by atomic mass is 19.1. The molecule has 0 amide bonds. The van der Waals surface area contributed by atoms with E-state index in [4.69, 9.17) is 5.11 Å². The van der Waals surface area contributed by atoms with Gasteiger partial charge in [-0.05, 0) is 6.07 Å².